The minimum atomic E-state index is -0.752. The standard InChI is InChI=1S/C20H22O6/c1-5-14(21)13-6-7-15-17(19(13)24-4)20(22)25-10-12-8-11(2)9-16(23-3)18(12)26-15/h6-9,14,21H,5,10H2,1-4H3. The van der Waals surface area contributed by atoms with Crippen molar-refractivity contribution in [1.82, 2.24) is 0 Å². The number of ether oxygens (including phenoxy) is 4. The number of cyclic esters (lactones) is 1. The molecule has 2 aromatic carbocycles. The van der Waals surface area contributed by atoms with Crippen molar-refractivity contribution in [3.05, 3.63) is 46.5 Å². The molecule has 6 heteroatoms. The Morgan fingerprint density at radius 3 is 2.65 bits per heavy atom. The summed E-state index contributed by atoms with van der Waals surface area (Å²) >= 11 is 0. The Kier molecular flexibility index (Phi) is 5.04. The van der Waals surface area contributed by atoms with Crippen LogP contribution in [0.1, 0.15) is 46.5 Å². The number of carbonyl (C=O) groups excluding carboxylic acids is 1. The average Bonchev–Trinajstić information content (AvgIpc) is 2.64. The van der Waals surface area contributed by atoms with Crippen molar-refractivity contribution in [1.29, 1.82) is 0 Å². The Hall–Kier alpha value is -2.73. The molecule has 0 radical (unpaired) electrons. The van der Waals surface area contributed by atoms with Crippen LogP contribution in [0.4, 0.5) is 0 Å². The third-order valence-electron chi connectivity index (χ3n) is 4.37. The van der Waals surface area contributed by atoms with E-state index in [2.05, 4.69) is 0 Å². The summed E-state index contributed by atoms with van der Waals surface area (Å²) in [5, 5.41) is 10.2. The van der Waals surface area contributed by atoms with Gasteiger partial charge < -0.3 is 24.1 Å². The van der Waals surface area contributed by atoms with Crippen LogP contribution in [0.15, 0.2) is 24.3 Å². The van der Waals surface area contributed by atoms with Crippen molar-refractivity contribution in [2.75, 3.05) is 14.2 Å². The third-order valence-corrected chi connectivity index (χ3v) is 4.37. The zero-order valence-electron chi connectivity index (χ0n) is 15.3. The van der Waals surface area contributed by atoms with Crippen molar-refractivity contribution in [3.63, 3.8) is 0 Å². The first-order valence-electron chi connectivity index (χ1n) is 8.41. The van der Waals surface area contributed by atoms with Gasteiger partial charge in [-0.2, -0.15) is 0 Å². The quantitative estimate of drug-likeness (QED) is 0.835. The van der Waals surface area contributed by atoms with Crippen molar-refractivity contribution < 1.29 is 28.8 Å². The minimum Gasteiger partial charge on any atom is -0.495 e. The van der Waals surface area contributed by atoms with E-state index < -0.39 is 12.1 Å². The molecule has 0 aromatic heterocycles. The number of aliphatic hydroxyl groups excluding tert-OH is 1. The number of aryl methyl sites for hydroxylation is 1. The van der Waals surface area contributed by atoms with Crippen LogP contribution in [0.5, 0.6) is 23.0 Å². The van der Waals surface area contributed by atoms with E-state index in [1.165, 1.54) is 7.11 Å². The number of hydrogen-bond donors (Lipinski definition) is 1. The molecule has 1 heterocycles. The molecule has 26 heavy (non-hydrogen) atoms. The van der Waals surface area contributed by atoms with Gasteiger partial charge in [0.2, 0.25) is 0 Å². The molecule has 1 atom stereocenters. The van der Waals surface area contributed by atoms with Gasteiger partial charge in [-0.25, -0.2) is 4.79 Å². The number of rotatable bonds is 4. The van der Waals surface area contributed by atoms with Gasteiger partial charge in [0.15, 0.2) is 11.5 Å². The van der Waals surface area contributed by atoms with E-state index in [1.54, 1.807) is 19.2 Å². The fourth-order valence-corrected chi connectivity index (χ4v) is 3.07. The van der Waals surface area contributed by atoms with Crippen molar-refractivity contribution in [2.24, 2.45) is 0 Å². The Bertz CT molecular complexity index is 843. The predicted octanol–water partition coefficient (Wildman–Crippen LogP) is 3.92. The summed E-state index contributed by atoms with van der Waals surface area (Å²) in [5.41, 5.74) is 2.37. The number of aliphatic hydroxyl groups is 1. The van der Waals surface area contributed by atoms with E-state index in [-0.39, 0.29) is 17.9 Å². The molecule has 0 aliphatic carbocycles. The Labute approximate surface area is 152 Å². The summed E-state index contributed by atoms with van der Waals surface area (Å²) in [7, 11) is 3.01. The molecule has 6 nitrogen and oxygen atoms in total. The molecule has 0 bridgehead atoms. The SMILES string of the molecule is CCC(O)c1ccc2c(c1OC)C(=O)OCc1cc(C)cc(OC)c1O2. The average molecular weight is 358 g/mol. The molecule has 138 valence electrons. The first-order chi connectivity index (χ1) is 12.5. The summed E-state index contributed by atoms with van der Waals surface area (Å²) in [6.07, 6.45) is -0.265. The van der Waals surface area contributed by atoms with Crippen LogP contribution in [0.3, 0.4) is 0 Å². The van der Waals surface area contributed by atoms with Crippen LogP contribution in [0, 0.1) is 6.92 Å². The molecule has 1 N–H and O–H groups in total. The molecule has 3 rings (SSSR count). The van der Waals surface area contributed by atoms with Gasteiger partial charge in [-0.05, 0) is 43.2 Å². The van der Waals surface area contributed by atoms with Gasteiger partial charge >= 0.3 is 5.97 Å². The van der Waals surface area contributed by atoms with Crippen LogP contribution < -0.4 is 14.2 Å². The third kappa shape index (κ3) is 3.08. The normalized spacial score (nSPS) is 14.1. The van der Waals surface area contributed by atoms with Gasteiger partial charge in [0, 0.05) is 11.1 Å². The van der Waals surface area contributed by atoms with Gasteiger partial charge in [-0.15, -0.1) is 0 Å². The monoisotopic (exact) mass is 358 g/mol. The van der Waals surface area contributed by atoms with Gasteiger partial charge in [0.1, 0.15) is 23.7 Å². The lowest BCUT2D eigenvalue weighted by molar-refractivity contribution is 0.0454. The first-order valence-corrected chi connectivity index (χ1v) is 8.41. The number of hydrogen-bond acceptors (Lipinski definition) is 6. The summed E-state index contributed by atoms with van der Waals surface area (Å²) in [4.78, 5) is 12.7. The molecule has 0 fully saturated rings. The zero-order chi connectivity index (χ0) is 18.8. The minimum absolute atomic E-state index is 0.0510. The second kappa shape index (κ2) is 7.25. The highest BCUT2D eigenvalue weighted by atomic mass is 16.6. The molecular formula is C20H22O6. The molecule has 0 saturated carbocycles. The van der Waals surface area contributed by atoms with E-state index in [1.807, 2.05) is 26.0 Å². The lowest BCUT2D eigenvalue weighted by Crippen LogP contribution is -2.14. The number of methoxy groups -OCH3 is 2. The van der Waals surface area contributed by atoms with Crippen LogP contribution in [0.25, 0.3) is 0 Å². The Morgan fingerprint density at radius 2 is 2.00 bits per heavy atom. The Morgan fingerprint density at radius 1 is 1.23 bits per heavy atom. The molecule has 0 amide bonds. The van der Waals surface area contributed by atoms with Gasteiger partial charge in [0.05, 0.1) is 20.3 Å². The van der Waals surface area contributed by atoms with Crippen molar-refractivity contribution in [2.45, 2.75) is 33.0 Å². The maximum atomic E-state index is 12.7. The van der Waals surface area contributed by atoms with Crippen LogP contribution >= 0.6 is 0 Å². The molecule has 0 spiro atoms. The van der Waals surface area contributed by atoms with E-state index in [0.717, 1.165) is 11.1 Å². The van der Waals surface area contributed by atoms with Gasteiger partial charge in [0.25, 0.3) is 0 Å². The van der Waals surface area contributed by atoms with E-state index >= 15 is 0 Å². The summed E-state index contributed by atoms with van der Waals surface area (Å²) in [6, 6.07) is 7.08. The zero-order valence-corrected chi connectivity index (χ0v) is 15.3. The smallest absolute Gasteiger partial charge is 0.346 e. The largest absolute Gasteiger partial charge is 0.495 e. The molecule has 1 aliphatic rings. The number of benzene rings is 2. The van der Waals surface area contributed by atoms with E-state index in [9.17, 15) is 9.90 Å². The van der Waals surface area contributed by atoms with Crippen LogP contribution in [0.2, 0.25) is 0 Å². The second-order valence-electron chi connectivity index (χ2n) is 6.12. The highest BCUT2D eigenvalue weighted by molar-refractivity contribution is 5.96. The van der Waals surface area contributed by atoms with Crippen LogP contribution in [-0.2, 0) is 11.3 Å². The topological polar surface area (TPSA) is 74.2 Å². The predicted molar refractivity (Wildman–Crippen MR) is 95.2 cm³/mol. The molecule has 1 unspecified atom stereocenters. The maximum absolute atomic E-state index is 12.7. The second-order valence-corrected chi connectivity index (χ2v) is 6.12. The van der Waals surface area contributed by atoms with Crippen LogP contribution in [-0.4, -0.2) is 25.3 Å². The Balaban J connectivity index is 2.20. The molecule has 0 saturated heterocycles. The summed E-state index contributed by atoms with van der Waals surface area (Å²) in [6.45, 7) is 3.83. The number of fused-ring (bicyclic) bond motifs is 2. The highest BCUT2D eigenvalue weighted by Gasteiger charge is 2.29. The maximum Gasteiger partial charge on any atom is 0.346 e. The number of esters is 1. The fraction of sp³-hybridized carbons (Fsp3) is 0.350. The molecule has 2 aromatic rings. The van der Waals surface area contributed by atoms with Gasteiger partial charge in [-0.1, -0.05) is 6.92 Å². The van der Waals surface area contributed by atoms with Gasteiger partial charge in [-0.3, -0.25) is 0 Å². The summed E-state index contributed by atoms with van der Waals surface area (Å²) in [5.74, 6) is 1.05. The number of carbonyl (C=O) groups is 1. The summed E-state index contributed by atoms with van der Waals surface area (Å²) < 4.78 is 22.4. The first kappa shape index (κ1) is 18.1. The van der Waals surface area contributed by atoms with E-state index in [0.29, 0.717) is 29.2 Å². The van der Waals surface area contributed by atoms with Crippen molar-refractivity contribution >= 4 is 5.97 Å². The highest BCUT2D eigenvalue weighted by Crippen LogP contribution is 2.44. The molecule has 1 aliphatic heterocycles. The fourth-order valence-electron chi connectivity index (χ4n) is 3.07. The van der Waals surface area contributed by atoms with E-state index in [4.69, 9.17) is 18.9 Å². The van der Waals surface area contributed by atoms with Crippen molar-refractivity contribution in [3.8, 4) is 23.0 Å². The lowest BCUT2D eigenvalue weighted by Gasteiger charge is -2.23. The molecular weight excluding hydrogens is 336 g/mol. The lowest BCUT2D eigenvalue weighted by atomic mass is 10.0.